The van der Waals surface area contributed by atoms with Gasteiger partial charge in [-0.2, -0.15) is 8.78 Å². The standard InChI is InChI=1S/C17H21F2N3O3/c18-17(19)25-14-6-2-1-4-12(14)15(23)22-8-3-5-13(22)16(24)21-9-7-11(20)10-21/h1-2,4,6,11,13,17H,3,5,7-10,20H2/t11-,13?/m1/s1. The minimum Gasteiger partial charge on any atom is -0.434 e. The molecule has 0 bridgehead atoms. The summed E-state index contributed by atoms with van der Waals surface area (Å²) in [6, 6.07) is 5.26. The first-order valence-corrected chi connectivity index (χ1v) is 8.36. The summed E-state index contributed by atoms with van der Waals surface area (Å²) in [6.45, 7) is -1.53. The van der Waals surface area contributed by atoms with Crippen molar-refractivity contribution in [1.29, 1.82) is 0 Å². The van der Waals surface area contributed by atoms with Crippen molar-refractivity contribution in [1.82, 2.24) is 9.80 Å². The van der Waals surface area contributed by atoms with E-state index in [0.29, 0.717) is 32.5 Å². The molecule has 2 aliphatic rings. The number of carbonyl (C=O) groups is 2. The van der Waals surface area contributed by atoms with Crippen LogP contribution in [0.3, 0.4) is 0 Å². The van der Waals surface area contributed by atoms with E-state index < -0.39 is 18.6 Å². The number of hydrogen-bond donors (Lipinski definition) is 1. The Morgan fingerprint density at radius 2 is 1.96 bits per heavy atom. The highest BCUT2D eigenvalue weighted by molar-refractivity contribution is 6.00. The molecule has 8 heteroatoms. The maximum Gasteiger partial charge on any atom is 0.387 e. The summed E-state index contributed by atoms with van der Waals surface area (Å²) in [4.78, 5) is 28.7. The van der Waals surface area contributed by atoms with Crippen LogP contribution >= 0.6 is 0 Å². The third-order valence-electron chi connectivity index (χ3n) is 4.67. The molecular weight excluding hydrogens is 332 g/mol. The number of ether oxygens (including phenoxy) is 1. The topological polar surface area (TPSA) is 75.9 Å². The van der Waals surface area contributed by atoms with Crippen molar-refractivity contribution in [2.45, 2.75) is 38.0 Å². The van der Waals surface area contributed by atoms with Crippen molar-refractivity contribution >= 4 is 11.8 Å². The summed E-state index contributed by atoms with van der Waals surface area (Å²) >= 11 is 0. The van der Waals surface area contributed by atoms with E-state index in [2.05, 4.69) is 4.74 Å². The normalized spacial score (nSPS) is 23.4. The first-order valence-electron chi connectivity index (χ1n) is 8.36. The van der Waals surface area contributed by atoms with Gasteiger partial charge >= 0.3 is 6.61 Å². The minimum atomic E-state index is -3.02. The summed E-state index contributed by atoms with van der Waals surface area (Å²) in [6.07, 6.45) is 2.01. The van der Waals surface area contributed by atoms with Gasteiger partial charge in [0.1, 0.15) is 11.8 Å². The number of para-hydroxylation sites is 1. The Balaban J connectivity index is 1.78. The summed E-state index contributed by atoms with van der Waals surface area (Å²) in [7, 11) is 0. The number of likely N-dealkylation sites (tertiary alicyclic amines) is 2. The molecule has 2 heterocycles. The molecule has 1 aromatic carbocycles. The highest BCUT2D eigenvalue weighted by Gasteiger charge is 2.39. The number of nitrogens with two attached hydrogens (primary N) is 1. The Morgan fingerprint density at radius 3 is 2.64 bits per heavy atom. The van der Waals surface area contributed by atoms with Gasteiger partial charge in [-0.3, -0.25) is 9.59 Å². The molecule has 1 aromatic rings. The van der Waals surface area contributed by atoms with Gasteiger partial charge in [0, 0.05) is 25.7 Å². The van der Waals surface area contributed by atoms with Crippen LogP contribution in [-0.4, -0.2) is 59.9 Å². The first kappa shape index (κ1) is 17.6. The number of halogens is 2. The van der Waals surface area contributed by atoms with Crippen LogP contribution in [0.4, 0.5) is 8.78 Å². The molecule has 2 fully saturated rings. The highest BCUT2D eigenvalue weighted by Crippen LogP contribution is 2.27. The van der Waals surface area contributed by atoms with Gasteiger partial charge in [0.25, 0.3) is 5.91 Å². The Morgan fingerprint density at radius 1 is 1.20 bits per heavy atom. The SMILES string of the molecule is N[C@@H]1CCN(C(=O)C2CCCN2C(=O)c2ccccc2OC(F)F)C1. The van der Waals surface area contributed by atoms with Gasteiger partial charge in [0.05, 0.1) is 5.56 Å². The zero-order valence-electron chi connectivity index (χ0n) is 13.7. The molecule has 2 atom stereocenters. The highest BCUT2D eigenvalue weighted by atomic mass is 19.3. The van der Waals surface area contributed by atoms with Gasteiger partial charge in [0.2, 0.25) is 5.91 Å². The lowest BCUT2D eigenvalue weighted by Gasteiger charge is -2.28. The first-order chi connectivity index (χ1) is 12.0. The predicted molar refractivity (Wildman–Crippen MR) is 86.3 cm³/mol. The van der Waals surface area contributed by atoms with E-state index >= 15 is 0 Å². The maximum atomic E-state index is 12.8. The Kier molecular flexibility index (Phi) is 5.17. The lowest BCUT2D eigenvalue weighted by Crippen LogP contribution is -2.47. The van der Waals surface area contributed by atoms with Crippen LogP contribution in [-0.2, 0) is 4.79 Å². The van der Waals surface area contributed by atoms with E-state index in [-0.39, 0.29) is 23.3 Å². The molecule has 0 radical (unpaired) electrons. The average Bonchev–Trinajstić information content (AvgIpc) is 3.22. The lowest BCUT2D eigenvalue weighted by molar-refractivity contribution is -0.134. The molecule has 0 aliphatic carbocycles. The number of amides is 2. The van der Waals surface area contributed by atoms with E-state index in [9.17, 15) is 18.4 Å². The molecule has 2 aliphatic heterocycles. The molecule has 136 valence electrons. The van der Waals surface area contributed by atoms with E-state index in [1.165, 1.54) is 23.1 Å². The summed E-state index contributed by atoms with van der Waals surface area (Å²) in [5.74, 6) is -0.759. The van der Waals surface area contributed by atoms with E-state index in [1.54, 1.807) is 11.0 Å². The van der Waals surface area contributed by atoms with Crippen molar-refractivity contribution < 1.29 is 23.1 Å². The van der Waals surface area contributed by atoms with Gasteiger partial charge in [0.15, 0.2) is 0 Å². The molecule has 25 heavy (non-hydrogen) atoms. The van der Waals surface area contributed by atoms with Crippen LogP contribution in [0.1, 0.15) is 29.6 Å². The van der Waals surface area contributed by atoms with Crippen molar-refractivity contribution in [2.75, 3.05) is 19.6 Å². The van der Waals surface area contributed by atoms with Crippen molar-refractivity contribution in [3.63, 3.8) is 0 Å². The molecule has 0 aromatic heterocycles. The van der Waals surface area contributed by atoms with Gasteiger partial charge in [-0.1, -0.05) is 12.1 Å². The Labute approximate surface area is 144 Å². The zero-order valence-corrected chi connectivity index (χ0v) is 13.7. The molecule has 0 saturated carbocycles. The van der Waals surface area contributed by atoms with Crippen LogP contribution in [0.15, 0.2) is 24.3 Å². The smallest absolute Gasteiger partial charge is 0.387 e. The number of carbonyl (C=O) groups excluding carboxylic acids is 2. The van der Waals surface area contributed by atoms with Crippen LogP contribution in [0.2, 0.25) is 0 Å². The number of hydrogen-bond acceptors (Lipinski definition) is 4. The Hall–Kier alpha value is -2.22. The second kappa shape index (κ2) is 7.35. The van der Waals surface area contributed by atoms with Crippen LogP contribution in [0.25, 0.3) is 0 Å². The van der Waals surface area contributed by atoms with E-state index in [1.807, 2.05) is 0 Å². The molecule has 1 unspecified atom stereocenters. The van der Waals surface area contributed by atoms with E-state index in [4.69, 9.17) is 5.73 Å². The molecular formula is C17H21F2N3O3. The van der Waals surface area contributed by atoms with Gasteiger partial charge in [-0.05, 0) is 31.4 Å². The fourth-order valence-electron chi connectivity index (χ4n) is 3.46. The molecule has 6 nitrogen and oxygen atoms in total. The average molecular weight is 353 g/mol. The third-order valence-corrected chi connectivity index (χ3v) is 4.67. The number of rotatable bonds is 4. The van der Waals surface area contributed by atoms with Gasteiger partial charge < -0.3 is 20.3 Å². The quantitative estimate of drug-likeness (QED) is 0.889. The summed E-state index contributed by atoms with van der Waals surface area (Å²) in [5.41, 5.74) is 5.89. The zero-order chi connectivity index (χ0) is 18.0. The predicted octanol–water partition coefficient (Wildman–Crippen LogP) is 1.45. The maximum absolute atomic E-state index is 12.8. The summed E-state index contributed by atoms with van der Waals surface area (Å²) in [5, 5.41) is 0. The fourth-order valence-corrected chi connectivity index (χ4v) is 3.46. The molecule has 0 spiro atoms. The van der Waals surface area contributed by atoms with Crippen molar-refractivity contribution in [2.24, 2.45) is 5.73 Å². The lowest BCUT2D eigenvalue weighted by atomic mass is 10.1. The second-order valence-electron chi connectivity index (χ2n) is 6.36. The Bertz CT molecular complexity index is 656. The largest absolute Gasteiger partial charge is 0.434 e. The van der Waals surface area contributed by atoms with Crippen molar-refractivity contribution in [3.05, 3.63) is 29.8 Å². The number of nitrogens with zero attached hydrogens (tertiary/aromatic N) is 2. The van der Waals surface area contributed by atoms with Gasteiger partial charge in [-0.15, -0.1) is 0 Å². The van der Waals surface area contributed by atoms with Gasteiger partial charge in [-0.25, -0.2) is 0 Å². The summed E-state index contributed by atoms with van der Waals surface area (Å²) < 4.78 is 29.6. The molecule has 3 rings (SSSR count). The number of benzene rings is 1. The third kappa shape index (κ3) is 3.73. The van der Waals surface area contributed by atoms with Crippen LogP contribution < -0.4 is 10.5 Å². The van der Waals surface area contributed by atoms with E-state index in [0.717, 1.165) is 6.42 Å². The van der Waals surface area contributed by atoms with Crippen LogP contribution in [0.5, 0.6) is 5.75 Å². The monoisotopic (exact) mass is 353 g/mol. The molecule has 2 saturated heterocycles. The van der Waals surface area contributed by atoms with Crippen LogP contribution in [0, 0.1) is 0 Å². The fraction of sp³-hybridized carbons (Fsp3) is 0.529. The molecule has 2 amide bonds. The van der Waals surface area contributed by atoms with Crippen molar-refractivity contribution in [3.8, 4) is 5.75 Å². The number of alkyl halides is 2. The minimum absolute atomic E-state index is 0.0327. The molecule has 2 N–H and O–H groups in total. The second-order valence-corrected chi connectivity index (χ2v) is 6.36.